The zero-order valence-corrected chi connectivity index (χ0v) is 9.90. The molecule has 0 N–H and O–H groups in total. The van der Waals surface area contributed by atoms with Crippen LogP contribution in [-0.4, -0.2) is 30.9 Å². The molecule has 0 aliphatic carbocycles. The van der Waals surface area contributed by atoms with E-state index in [1.54, 1.807) is 0 Å². The first kappa shape index (κ1) is 13.0. The fraction of sp³-hybridized carbons (Fsp3) is 0.818. The Hall–Kier alpha value is -0.0100. The standard InChI is InChI=1S/C11H22ClN/c1-11(2)7-10-13(3)9-6-4-5-8-12/h7H,4-6,8-10H2,1-3H3. The van der Waals surface area contributed by atoms with Crippen molar-refractivity contribution in [1.29, 1.82) is 0 Å². The molecule has 0 spiro atoms. The van der Waals surface area contributed by atoms with E-state index in [0.29, 0.717) is 0 Å². The first-order chi connectivity index (χ1) is 6.16. The van der Waals surface area contributed by atoms with Crippen LogP contribution in [0.3, 0.4) is 0 Å². The number of hydrogen-bond donors (Lipinski definition) is 0. The summed E-state index contributed by atoms with van der Waals surface area (Å²) in [7, 11) is 2.17. The molecule has 0 amide bonds. The van der Waals surface area contributed by atoms with E-state index in [9.17, 15) is 0 Å². The molecule has 0 aromatic rings. The Balaban J connectivity index is 3.30. The average molecular weight is 204 g/mol. The Morgan fingerprint density at radius 1 is 1.23 bits per heavy atom. The summed E-state index contributed by atoms with van der Waals surface area (Å²) in [5.41, 5.74) is 1.40. The second kappa shape index (κ2) is 8.58. The number of rotatable bonds is 7. The van der Waals surface area contributed by atoms with E-state index in [-0.39, 0.29) is 0 Å². The summed E-state index contributed by atoms with van der Waals surface area (Å²) in [5.74, 6) is 0.803. The van der Waals surface area contributed by atoms with Crippen LogP contribution in [0.5, 0.6) is 0 Å². The molecular weight excluding hydrogens is 182 g/mol. The summed E-state index contributed by atoms with van der Waals surface area (Å²) in [4.78, 5) is 2.35. The van der Waals surface area contributed by atoms with Gasteiger partial charge in [-0.1, -0.05) is 18.1 Å². The number of hydrogen-bond acceptors (Lipinski definition) is 1. The lowest BCUT2D eigenvalue weighted by Gasteiger charge is -2.13. The summed E-state index contributed by atoms with van der Waals surface area (Å²) >= 11 is 5.60. The molecule has 78 valence electrons. The first-order valence-electron chi connectivity index (χ1n) is 5.04. The summed E-state index contributed by atoms with van der Waals surface area (Å²) in [5, 5.41) is 0. The summed E-state index contributed by atoms with van der Waals surface area (Å²) in [6, 6.07) is 0. The number of alkyl halides is 1. The Bertz CT molecular complexity index is 139. The van der Waals surface area contributed by atoms with Gasteiger partial charge in [0, 0.05) is 12.4 Å². The van der Waals surface area contributed by atoms with Crippen molar-refractivity contribution in [2.75, 3.05) is 26.0 Å². The molecule has 0 aromatic heterocycles. The quantitative estimate of drug-likeness (QED) is 0.349. The minimum Gasteiger partial charge on any atom is -0.303 e. The van der Waals surface area contributed by atoms with Gasteiger partial charge < -0.3 is 4.90 Å². The van der Waals surface area contributed by atoms with Gasteiger partial charge >= 0.3 is 0 Å². The van der Waals surface area contributed by atoms with Crippen molar-refractivity contribution >= 4 is 11.6 Å². The van der Waals surface area contributed by atoms with Gasteiger partial charge in [0.15, 0.2) is 0 Å². The molecular formula is C11H22ClN. The summed E-state index contributed by atoms with van der Waals surface area (Å²) in [6.07, 6.45) is 5.93. The van der Waals surface area contributed by atoms with Gasteiger partial charge in [-0.05, 0) is 40.3 Å². The molecule has 0 atom stereocenters. The van der Waals surface area contributed by atoms with Crippen LogP contribution in [0.1, 0.15) is 33.1 Å². The topological polar surface area (TPSA) is 3.24 Å². The van der Waals surface area contributed by atoms with Crippen LogP contribution < -0.4 is 0 Å². The third-order valence-electron chi connectivity index (χ3n) is 1.98. The fourth-order valence-electron chi connectivity index (χ4n) is 1.08. The van der Waals surface area contributed by atoms with Crippen molar-refractivity contribution in [3.05, 3.63) is 11.6 Å². The average Bonchev–Trinajstić information content (AvgIpc) is 2.09. The molecule has 0 heterocycles. The summed E-state index contributed by atoms with van der Waals surface area (Å²) in [6.45, 7) is 6.53. The number of allylic oxidation sites excluding steroid dienone is 1. The molecule has 0 radical (unpaired) electrons. The zero-order valence-electron chi connectivity index (χ0n) is 9.15. The Morgan fingerprint density at radius 2 is 1.92 bits per heavy atom. The van der Waals surface area contributed by atoms with E-state index in [0.717, 1.165) is 18.8 Å². The van der Waals surface area contributed by atoms with Crippen LogP contribution in [0.25, 0.3) is 0 Å². The Kier molecular flexibility index (Phi) is 8.58. The van der Waals surface area contributed by atoms with Crippen molar-refractivity contribution in [1.82, 2.24) is 4.90 Å². The maximum absolute atomic E-state index is 5.60. The summed E-state index contributed by atoms with van der Waals surface area (Å²) < 4.78 is 0. The van der Waals surface area contributed by atoms with Gasteiger partial charge in [-0.3, -0.25) is 0 Å². The molecule has 0 fully saturated rings. The monoisotopic (exact) mass is 203 g/mol. The minimum absolute atomic E-state index is 0.803. The van der Waals surface area contributed by atoms with E-state index in [1.807, 2.05) is 0 Å². The maximum Gasteiger partial charge on any atom is 0.0223 e. The second-order valence-electron chi connectivity index (χ2n) is 3.79. The molecule has 0 saturated heterocycles. The lowest BCUT2D eigenvalue weighted by molar-refractivity contribution is 0.358. The van der Waals surface area contributed by atoms with E-state index >= 15 is 0 Å². The largest absolute Gasteiger partial charge is 0.303 e. The highest BCUT2D eigenvalue weighted by Gasteiger charge is 1.95. The molecule has 0 rings (SSSR count). The van der Waals surface area contributed by atoms with Gasteiger partial charge in [0.1, 0.15) is 0 Å². The van der Waals surface area contributed by atoms with Crippen molar-refractivity contribution in [3.8, 4) is 0 Å². The molecule has 0 aliphatic rings. The number of nitrogens with zero attached hydrogens (tertiary/aromatic N) is 1. The fourth-order valence-corrected chi connectivity index (χ4v) is 1.27. The van der Waals surface area contributed by atoms with Crippen LogP contribution >= 0.6 is 11.6 Å². The number of unbranched alkanes of at least 4 members (excludes halogenated alkanes) is 2. The molecule has 13 heavy (non-hydrogen) atoms. The van der Waals surface area contributed by atoms with Crippen molar-refractivity contribution < 1.29 is 0 Å². The lowest BCUT2D eigenvalue weighted by atomic mass is 10.2. The predicted octanol–water partition coefficient (Wildman–Crippen LogP) is 3.29. The lowest BCUT2D eigenvalue weighted by Crippen LogP contribution is -2.19. The van der Waals surface area contributed by atoms with Gasteiger partial charge in [-0.2, -0.15) is 0 Å². The maximum atomic E-state index is 5.60. The van der Waals surface area contributed by atoms with Gasteiger partial charge in [-0.25, -0.2) is 0 Å². The van der Waals surface area contributed by atoms with Crippen molar-refractivity contribution in [2.45, 2.75) is 33.1 Å². The molecule has 0 bridgehead atoms. The van der Waals surface area contributed by atoms with E-state index in [1.165, 1.54) is 25.0 Å². The molecule has 2 heteroatoms. The first-order valence-corrected chi connectivity index (χ1v) is 5.58. The third-order valence-corrected chi connectivity index (χ3v) is 2.25. The normalized spacial score (nSPS) is 10.5. The van der Waals surface area contributed by atoms with E-state index < -0.39 is 0 Å². The molecule has 0 aromatic carbocycles. The van der Waals surface area contributed by atoms with Crippen LogP contribution in [0.15, 0.2) is 11.6 Å². The van der Waals surface area contributed by atoms with Crippen molar-refractivity contribution in [3.63, 3.8) is 0 Å². The number of likely N-dealkylation sites (N-methyl/N-ethyl adjacent to an activating group) is 1. The van der Waals surface area contributed by atoms with E-state index in [2.05, 4.69) is 31.9 Å². The van der Waals surface area contributed by atoms with E-state index in [4.69, 9.17) is 11.6 Å². The van der Waals surface area contributed by atoms with Gasteiger partial charge in [0.25, 0.3) is 0 Å². The smallest absolute Gasteiger partial charge is 0.0223 e. The highest BCUT2D eigenvalue weighted by Crippen LogP contribution is 1.99. The SMILES string of the molecule is CC(C)=CCN(C)CCCCCCl. The Labute approximate surface area is 87.8 Å². The van der Waals surface area contributed by atoms with Crippen LogP contribution in [-0.2, 0) is 0 Å². The molecule has 0 unspecified atom stereocenters. The van der Waals surface area contributed by atoms with Gasteiger partial charge in [0.2, 0.25) is 0 Å². The predicted molar refractivity (Wildman–Crippen MR) is 61.5 cm³/mol. The molecule has 0 aliphatic heterocycles. The third kappa shape index (κ3) is 9.91. The van der Waals surface area contributed by atoms with Crippen LogP contribution in [0.4, 0.5) is 0 Å². The van der Waals surface area contributed by atoms with Crippen LogP contribution in [0.2, 0.25) is 0 Å². The van der Waals surface area contributed by atoms with Gasteiger partial charge in [0.05, 0.1) is 0 Å². The highest BCUT2D eigenvalue weighted by molar-refractivity contribution is 6.17. The molecule has 0 saturated carbocycles. The van der Waals surface area contributed by atoms with Crippen LogP contribution in [0, 0.1) is 0 Å². The minimum atomic E-state index is 0.803. The zero-order chi connectivity index (χ0) is 10.1. The second-order valence-corrected chi connectivity index (χ2v) is 4.17. The highest BCUT2D eigenvalue weighted by atomic mass is 35.5. The van der Waals surface area contributed by atoms with Crippen molar-refractivity contribution in [2.24, 2.45) is 0 Å². The van der Waals surface area contributed by atoms with Gasteiger partial charge in [-0.15, -0.1) is 11.6 Å². The Morgan fingerprint density at radius 3 is 2.46 bits per heavy atom. The number of halogens is 1. The molecule has 1 nitrogen and oxygen atoms in total.